The van der Waals surface area contributed by atoms with Crippen LogP contribution in [0.4, 0.5) is 18.9 Å². The van der Waals surface area contributed by atoms with E-state index >= 15 is 0 Å². The van der Waals surface area contributed by atoms with Crippen molar-refractivity contribution in [2.45, 2.75) is 38.5 Å². The number of ether oxygens (including phenoxy) is 3. The second-order valence-electron chi connectivity index (χ2n) is 6.62. The van der Waals surface area contributed by atoms with Crippen LogP contribution in [0.2, 0.25) is 0 Å². The molecule has 1 aliphatic heterocycles. The fourth-order valence-electron chi connectivity index (χ4n) is 2.87. The summed E-state index contributed by atoms with van der Waals surface area (Å²) in [5.41, 5.74) is -3.05. The number of hydrogen-bond donors (Lipinski definition) is 0. The highest BCUT2D eigenvalue weighted by atomic mass is 19.4. The van der Waals surface area contributed by atoms with Crippen molar-refractivity contribution in [3.8, 4) is 5.75 Å². The normalized spacial score (nSPS) is 16.0. The first-order valence-corrected chi connectivity index (χ1v) is 8.36. The second kappa shape index (κ2) is 7.75. The first-order chi connectivity index (χ1) is 12.5. The van der Waals surface area contributed by atoms with Gasteiger partial charge in [0.1, 0.15) is 5.75 Å². The Kier molecular flexibility index (Phi) is 6.04. The van der Waals surface area contributed by atoms with E-state index in [1.54, 1.807) is 7.11 Å². The average Bonchev–Trinajstić information content (AvgIpc) is 2.59. The molecule has 9 heteroatoms. The molecule has 0 radical (unpaired) electrons. The maximum atomic E-state index is 13.4. The van der Waals surface area contributed by atoms with Gasteiger partial charge in [0, 0.05) is 20.3 Å². The molecule has 0 N–H and O–H groups in total. The number of rotatable bonds is 6. The third-order valence-corrected chi connectivity index (χ3v) is 4.21. The summed E-state index contributed by atoms with van der Waals surface area (Å²) >= 11 is 0. The topological polar surface area (TPSA) is 65.1 Å². The van der Waals surface area contributed by atoms with Crippen LogP contribution >= 0.6 is 0 Å². The minimum absolute atomic E-state index is 0.105. The maximum absolute atomic E-state index is 13.4. The minimum Gasteiger partial charge on any atom is -0.476 e. The largest absolute Gasteiger partial charge is 0.476 e. The first-order valence-electron chi connectivity index (χ1n) is 8.36. The zero-order chi connectivity index (χ0) is 20.4. The molecule has 1 aliphatic rings. The molecule has 1 aromatic rings. The smallest absolute Gasteiger partial charge is 0.417 e. The van der Waals surface area contributed by atoms with E-state index in [-0.39, 0.29) is 18.0 Å². The van der Waals surface area contributed by atoms with Crippen LogP contribution in [0.3, 0.4) is 0 Å². The predicted molar refractivity (Wildman–Crippen MR) is 91.0 cm³/mol. The number of benzene rings is 1. The number of nitrogens with zero attached hydrogens (tertiary/aromatic N) is 1. The van der Waals surface area contributed by atoms with E-state index in [0.717, 1.165) is 19.2 Å². The number of alkyl halides is 3. The number of hydrogen-bond acceptors (Lipinski definition) is 5. The van der Waals surface area contributed by atoms with Crippen LogP contribution in [0, 0.1) is 0 Å². The Balaban J connectivity index is 2.55. The minimum atomic E-state index is -4.78. The molecule has 0 bridgehead atoms. The Labute approximate surface area is 155 Å². The van der Waals surface area contributed by atoms with Crippen molar-refractivity contribution in [2.75, 3.05) is 32.3 Å². The Morgan fingerprint density at radius 1 is 1.22 bits per heavy atom. The Morgan fingerprint density at radius 3 is 2.44 bits per heavy atom. The molecule has 6 nitrogen and oxygen atoms in total. The number of methoxy groups -OCH3 is 2. The van der Waals surface area contributed by atoms with Gasteiger partial charge in [-0.1, -0.05) is 0 Å². The monoisotopic (exact) mass is 389 g/mol. The summed E-state index contributed by atoms with van der Waals surface area (Å²) in [6.07, 6.45) is -3.54. The highest BCUT2D eigenvalue weighted by Gasteiger charge is 2.44. The molecule has 0 aromatic heterocycles. The lowest BCUT2D eigenvalue weighted by Gasteiger charge is -2.39. The van der Waals surface area contributed by atoms with Gasteiger partial charge < -0.3 is 19.1 Å². The van der Waals surface area contributed by atoms with Crippen LogP contribution in [0.25, 0.3) is 0 Å². The fourth-order valence-corrected chi connectivity index (χ4v) is 2.87. The SMILES string of the molecule is COCCCCN1C(=O)C(C)(C)Oc2cc(C(F)(F)F)c(C(=O)OC)cc21. The summed E-state index contributed by atoms with van der Waals surface area (Å²) in [6, 6.07) is 1.76. The summed E-state index contributed by atoms with van der Waals surface area (Å²) in [6.45, 7) is 3.73. The van der Waals surface area contributed by atoms with Crippen molar-refractivity contribution in [1.29, 1.82) is 0 Å². The van der Waals surface area contributed by atoms with E-state index in [1.165, 1.54) is 18.7 Å². The van der Waals surface area contributed by atoms with Crippen LogP contribution in [0.15, 0.2) is 12.1 Å². The van der Waals surface area contributed by atoms with E-state index < -0.39 is 34.8 Å². The Bertz CT molecular complexity index is 730. The molecule has 0 atom stereocenters. The molecule has 0 saturated heterocycles. The van der Waals surface area contributed by atoms with Gasteiger partial charge in [0.25, 0.3) is 5.91 Å². The highest BCUT2D eigenvalue weighted by molar-refractivity contribution is 6.04. The molecule has 0 fully saturated rings. The van der Waals surface area contributed by atoms with Crippen molar-refractivity contribution in [3.63, 3.8) is 0 Å². The summed E-state index contributed by atoms with van der Waals surface area (Å²) in [5, 5.41) is 0. The summed E-state index contributed by atoms with van der Waals surface area (Å²) < 4.78 is 55.2. The molecular weight excluding hydrogens is 367 g/mol. The number of unbranched alkanes of at least 4 members (excludes halogenated alkanes) is 1. The van der Waals surface area contributed by atoms with Gasteiger partial charge >= 0.3 is 12.1 Å². The molecule has 0 unspecified atom stereocenters. The van der Waals surface area contributed by atoms with E-state index in [2.05, 4.69) is 4.74 Å². The molecule has 0 spiro atoms. The van der Waals surface area contributed by atoms with E-state index in [4.69, 9.17) is 9.47 Å². The quantitative estimate of drug-likeness (QED) is 0.551. The molecule has 150 valence electrons. The molecule has 0 aliphatic carbocycles. The van der Waals surface area contributed by atoms with Gasteiger partial charge in [-0.3, -0.25) is 4.79 Å². The Morgan fingerprint density at radius 2 is 1.89 bits per heavy atom. The highest BCUT2D eigenvalue weighted by Crippen LogP contribution is 2.44. The van der Waals surface area contributed by atoms with Crippen LogP contribution < -0.4 is 9.64 Å². The first kappa shape index (κ1) is 21.0. The van der Waals surface area contributed by atoms with Crippen molar-refractivity contribution in [2.24, 2.45) is 0 Å². The van der Waals surface area contributed by atoms with Crippen molar-refractivity contribution < 1.29 is 37.0 Å². The van der Waals surface area contributed by atoms with Gasteiger partial charge in [0.15, 0.2) is 5.60 Å². The molecule has 1 heterocycles. The van der Waals surface area contributed by atoms with Crippen LogP contribution in [-0.2, 0) is 20.4 Å². The van der Waals surface area contributed by atoms with Gasteiger partial charge in [-0.05, 0) is 38.8 Å². The van der Waals surface area contributed by atoms with E-state index in [1.807, 2.05) is 0 Å². The summed E-state index contributed by atoms with van der Waals surface area (Å²) in [4.78, 5) is 26.0. The van der Waals surface area contributed by atoms with Crippen LogP contribution in [0.5, 0.6) is 5.75 Å². The van der Waals surface area contributed by atoms with Crippen molar-refractivity contribution >= 4 is 17.6 Å². The lowest BCUT2D eigenvalue weighted by atomic mass is 9.99. The molecule has 27 heavy (non-hydrogen) atoms. The number of halogens is 3. The standard InChI is InChI=1S/C18H22F3NO5/c1-17(2)16(24)22(7-5-6-8-25-3)13-9-11(15(23)26-4)12(18(19,20)21)10-14(13)27-17/h9-10H,5-8H2,1-4H3. The number of carbonyl (C=O) groups excluding carboxylic acids is 2. The molecule has 1 aromatic carbocycles. The van der Waals surface area contributed by atoms with Gasteiger partial charge in [0.05, 0.1) is 23.9 Å². The molecule has 1 amide bonds. The molecular formula is C18H22F3NO5. The third-order valence-electron chi connectivity index (χ3n) is 4.21. The van der Waals surface area contributed by atoms with E-state index in [9.17, 15) is 22.8 Å². The zero-order valence-corrected chi connectivity index (χ0v) is 15.6. The maximum Gasteiger partial charge on any atom is 0.417 e. The third kappa shape index (κ3) is 4.35. The number of esters is 1. The summed E-state index contributed by atoms with van der Waals surface area (Å²) in [5.74, 6) is -1.64. The van der Waals surface area contributed by atoms with Crippen molar-refractivity contribution in [3.05, 3.63) is 23.3 Å². The van der Waals surface area contributed by atoms with Crippen LogP contribution in [-0.4, -0.2) is 44.8 Å². The van der Waals surface area contributed by atoms with Crippen molar-refractivity contribution in [1.82, 2.24) is 0 Å². The number of fused-ring (bicyclic) bond motifs is 1. The second-order valence-corrected chi connectivity index (χ2v) is 6.62. The fraction of sp³-hybridized carbons (Fsp3) is 0.556. The Hall–Kier alpha value is -2.29. The summed E-state index contributed by atoms with van der Waals surface area (Å²) in [7, 11) is 2.55. The number of carbonyl (C=O) groups is 2. The van der Waals surface area contributed by atoms with Gasteiger partial charge in [-0.25, -0.2) is 4.79 Å². The van der Waals surface area contributed by atoms with Crippen LogP contribution in [0.1, 0.15) is 42.6 Å². The molecule has 2 rings (SSSR count). The number of anilines is 1. The number of amides is 1. The zero-order valence-electron chi connectivity index (χ0n) is 15.6. The van der Waals surface area contributed by atoms with Gasteiger partial charge in [-0.2, -0.15) is 13.2 Å². The van der Waals surface area contributed by atoms with Gasteiger partial charge in [0.2, 0.25) is 0 Å². The lowest BCUT2D eigenvalue weighted by Crippen LogP contribution is -2.53. The molecule has 0 saturated carbocycles. The van der Waals surface area contributed by atoms with Gasteiger partial charge in [-0.15, -0.1) is 0 Å². The predicted octanol–water partition coefficient (Wildman–Crippen LogP) is 3.42. The average molecular weight is 389 g/mol. The van der Waals surface area contributed by atoms with E-state index in [0.29, 0.717) is 19.4 Å². The lowest BCUT2D eigenvalue weighted by molar-refractivity contribution is -0.138.